The SMILES string of the molecule is CN(C)CCCc1cc(F)cc(-c2ccnc3nc(-c4n[nH]c5ccc(-c6cncc(N)c6)cc45)[nH]c23)c1. The molecule has 38 heavy (non-hydrogen) atoms. The number of rotatable bonds is 7. The van der Waals surface area contributed by atoms with E-state index in [1.165, 1.54) is 0 Å². The van der Waals surface area contributed by atoms with E-state index in [0.717, 1.165) is 63.6 Å². The molecule has 190 valence electrons. The molecule has 0 aliphatic heterocycles. The van der Waals surface area contributed by atoms with E-state index in [2.05, 4.69) is 30.0 Å². The largest absolute Gasteiger partial charge is 0.397 e. The third kappa shape index (κ3) is 4.59. The van der Waals surface area contributed by atoms with Gasteiger partial charge in [-0.2, -0.15) is 5.10 Å². The molecule has 0 radical (unpaired) electrons. The molecule has 6 rings (SSSR count). The Morgan fingerprint density at radius 2 is 1.87 bits per heavy atom. The number of H-pyrrole nitrogens is 2. The number of imidazole rings is 1. The summed E-state index contributed by atoms with van der Waals surface area (Å²) >= 11 is 0. The number of nitrogen functional groups attached to an aromatic ring is 1. The van der Waals surface area contributed by atoms with E-state index in [-0.39, 0.29) is 5.82 Å². The van der Waals surface area contributed by atoms with Crippen molar-refractivity contribution in [2.24, 2.45) is 0 Å². The second-order valence-electron chi connectivity index (χ2n) is 9.74. The fraction of sp³-hybridized carbons (Fsp3) is 0.172. The summed E-state index contributed by atoms with van der Waals surface area (Å²) in [6.07, 6.45) is 6.86. The lowest BCUT2D eigenvalue weighted by Crippen LogP contribution is -2.13. The van der Waals surface area contributed by atoms with Gasteiger partial charge in [0.25, 0.3) is 0 Å². The average molecular weight is 507 g/mol. The quantitative estimate of drug-likeness (QED) is 0.266. The zero-order chi connectivity index (χ0) is 26.2. The molecule has 0 spiro atoms. The number of aryl methyl sites for hydroxylation is 1. The summed E-state index contributed by atoms with van der Waals surface area (Å²) in [5.74, 6) is 0.325. The number of fused-ring (bicyclic) bond motifs is 2. The van der Waals surface area contributed by atoms with Gasteiger partial charge in [-0.3, -0.25) is 10.1 Å². The van der Waals surface area contributed by atoms with Crippen LogP contribution in [0.3, 0.4) is 0 Å². The Bertz CT molecular complexity index is 1770. The van der Waals surface area contributed by atoms with Gasteiger partial charge in [0.2, 0.25) is 0 Å². The van der Waals surface area contributed by atoms with Crippen molar-refractivity contribution < 1.29 is 4.39 Å². The molecule has 4 N–H and O–H groups in total. The lowest BCUT2D eigenvalue weighted by Gasteiger charge is -2.10. The lowest BCUT2D eigenvalue weighted by atomic mass is 10.0. The van der Waals surface area contributed by atoms with Crippen LogP contribution in [0.25, 0.3) is 55.8 Å². The van der Waals surface area contributed by atoms with Crippen LogP contribution in [0.5, 0.6) is 0 Å². The Hall–Kier alpha value is -4.63. The summed E-state index contributed by atoms with van der Waals surface area (Å²) in [6.45, 7) is 0.947. The zero-order valence-electron chi connectivity index (χ0n) is 21.2. The molecular formula is C29H27FN8. The van der Waals surface area contributed by atoms with Crippen molar-refractivity contribution >= 4 is 27.8 Å². The maximum absolute atomic E-state index is 14.6. The number of halogens is 1. The predicted octanol–water partition coefficient (Wildman–Crippen LogP) is 5.45. The average Bonchev–Trinajstić information content (AvgIpc) is 3.51. The highest BCUT2D eigenvalue weighted by Crippen LogP contribution is 2.33. The number of nitrogens with one attached hydrogen (secondary N) is 2. The number of hydrogen-bond acceptors (Lipinski definition) is 6. The van der Waals surface area contributed by atoms with Crippen molar-refractivity contribution in [3.05, 3.63) is 78.5 Å². The fourth-order valence-corrected chi connectivity index (χ4v) is 4.80. The van der Waals surface area contributed by atoms with Crippen LogP contribution in [0.15, 0.2) is 67.1 Å². The molecule has 2 aromatic carbocycles. The first kappa shape index (κ1) is 23.7. The molecule has 0 fully saturated rings. The first-order valence-corrected chi connectivity index (χ1v) is 12.4. The van der Waals surface area contributed by atoms with Gasteiger partial charge in [0.05, 0.1) is 16.7 Å². The highest BCUT2D eigenvalue weighted by atomic mass is 19.1. The molecule has 0 saturated carbocycles. The van der Waals surface area contributed by atoms with E-state index in [1.54, 1.807) is 30.7 Å². The normalized spacial score (nSPS) is 11.7. The summed E-state index contributed by atoms with van der Waals surface area (Å²) in [6, 6.07) is 15.0. The van der Waals surface area contributed by atoms with Crippen LogP contribution in [0.1, 0.15) is 12.0 Å². The fourth-order valence-electron chi connectivity index (χ4n) is 4.80. The van der Waals surface area contributed by atoms with Gasteiger partial charge in [0, 0.05) is 35.1 Å². The Morgan fingerprint density at radius 1 is 0.974 bits per heavy atom. The van der Waals surface area contributed by atoms with E-state index < -0.39 is 0 Å². The van der Waals surface area contributed by atoms with E-state index >= 15 is 0 Å². The number of hydrogen-bond donors (Lipinski definition) is 3. The number of anilines is 1. The summed E-state index contributed by atoms with van der Waals surface area (Å²) in [5.41, 5.74) is 13.9. The molecule has 8 nitrogen and oxygen atoms in total. The van der Waals surface area contributed by atoms with E-state index in [9.17, 15) is 4.39 Å². The second-order valence-corrected chi connectivity index (χ2v) is 9.74. The van der Waals surface area contributed by atoms with Gasteiger partial charge in [-0.1, -0.05) is 12.1 Å². The number of benzene rings is 2. The summed E-state index contributed by atoms with van der Waals surface area (Å²) in [7, 11) is 4.08. The molecule has 0 saturated heterocycles. The van der Waals surface area contributed by atoms with Gasteiger partial charge in [0.1, 0.15) is 11.5 Å². The van der Waals surface area contributed by atoms with Crippen LogP contribution in [-0.4, -0.2) is 55.7 Å². The Balaban J connectivity index is 1.40. The molecule has 0 aliphatic carbocycles. The number of nitrogens with two attached hydrogens (primary N) is 1. The molecule has 6 aromatic rings. The smallest absolute Gasteiger partial charge is 0.178 e. The third-order valence-corrected chi connectivity index (χ3v) is 6.61. The van der Waals surface area contributed by atoms with Crippen molar-refractivity contribution in [2.45, 2.75) is 12.8 Å². The van der Waals surface area contributed by atoms with Gasteiger partial charge in [0.15, 0.2) is 11.5 Å². The van der Waals surface area contributed by atoms with Crippen molar-refractivity contribution in [3.63, 3.8) is 0 Å². The van der Waals surface area contributed by atoms with E-state index in [0.29, 0.717) is 22.9 Å². The second kappa shape index (κ2) is 9.68. The first-order valence-electron chi connectivity index (χ1n) is 12.4. The highest BCUT2D eigenvalue weighted by Gasteiger charge is 2.17. The first-order chi connectivity index (χ1) is 18.4. The maximum atomic E-state index is 14.6. The number of nitrogens with zero attached hydrogens (tertiary/aromatic N) is 5. The summed E-state index contributed by atoms with van der Waals surface area (Å²) in [5, 5.41) is 8.53. The van der Waals surface area contributed by atoms with Crippen molar-refractivity contribution in [1.29, 1.82) is 0 Å². The van der Waals surface area contributed by atoms with Crippen LogP contribution in [0.2, 0.25) is 0 Å². The van der Waals surface area contributed by atoms with Gasteiger partial charge >= 0.3 is 0 Å². The van der Waals surface area contributed by atoms with Gasteiger partial charge in [-0.05, 0) is 86.6 Å². The van der Waals surface area contributed by atoms with Crippen LogP contribution in [0, 0.1) is 5.82 Å². The summed E-state index contributed by atoms with van der Waals surface area (Å²) in [4.78, 5) is 19.0. The zero-order valence-corrected chi connectivity index (χ0v) is 21.2. The lowest BCUT2D eigenvalue weighted by molar-refractivity contribution is 0.400. The van der Waals surface area contributed by atoms with Crippen molar-refractivity contribution in [3.8, 4) is 33.8 Å². The number of pyridine rings is 2. The van der Waals surface area contributed by atoms with Crippen molar-refractivity contribution in [2.75, 3.05) is 26.4 Å². The van der Waals surface area contributed by atoms with Crippen LogP contribution in [-0.2, 0) is 6.42 Å². The minimum atomic E-state index is -0.256. The third-order valence-electron chi connectivity index (χ3n) is 6.61. The van der Waals surface area contributed by atoms with E-state index in [1.807, 2.05) is 50.5 Å². The molecule has 0 atom stereocenters. The molecule has 9 heteroatoms. The minimum Gasteiger partial charge on any atom is -0.397 e. The molecule has 4 aromatic heterocycles. The topological polar surface area (TPSA) is 112 Å². The van der Waals surface area contributed by atoms with E-state index in [4.69, 9.17) is 10.7 Å². The van der Waals surface area contributed by atoms with Crippen molar-refractivity contribution in [1.82, 2.24) is 35.0 Å². The van der Waals surface area contributed by atoms with Crippen LogP contribution >= 0.6 is 0 Å². The molecule has 0 unspecified atom stereocenters. The molecule has 0 bridgehead atoms. The van der Waals surface area contributed by atoms with Gasteiger partial charge in [-0.25, -0.2) is 14.4 Å². The Morgan fingerprint density at radius 3 is 2.71 bits per heavy atom. The molecule has 0 aliphatic rings. The highest BCUT2D eigenvalue weighted by molar-refractivity contribution is 5.97. The molecule has 4 heterocycles. The Kier molecular flexibility index (Phi) is 6.05. The Labute approximate surface area is 218 Å². The van der Waals surface area contributed by atoms with Gasteiger partial charge in [-0.15, -0.1) is 0 Å². The standard InChI is InChI=1S/C29H27FN8/c1-38(2)9-3-4-17-10-19(12-21(30)11-17)23-7-8-33-28-26(23)34-29(35-28)27-24-14-18(5-6-25(24)36-37-27)20-13-22(31)16-32-15-20/h5-8,10-16H,3-4,9,31H2,1-2H3,(H,36,37)(H,33,34,35). The van der Waals surface area contributed by atoms with Gasteiger partial charge < -0.3 is 15.6 Å². The summed E-state index contributed by atoms with van der Waals surface area (Å²) < 4.78 is 14.6. The van der Waals surface area contributed by atoms with Crippen LogP contribution < -0.4 is 5.73 Å². The number of aromatic amines is 2. The maximum Gasteiger partial charge on any atom is 0.178 e. The molecule has 0 amide bonds. The monoisotopic (exact) mass is 506 g/mol. The molecular weight excluding hydrogens is 479 g/mol. The van der Waals surface area contributed by atoms with Crippen LogP contribution in [0.4, 0.5) is 10.1 Å². The minimum absolute atomic E-state index is 0.256. The number of aromatic nitrogens is 6. The predicted molar refractivity (Wildman–Crippen MR) is 149 cm³/mol.